The first kappa shape index (κ1) is 16.4. The van der Waals surface area contributed by atoms with E-state index in [4.69, 9.17) is 4.74 Å². The molecule has 0 aromatic rings. The summed E-state index contributed by atoms with van der Waals surface area (Å²) in [5.74, 6) is -0.270. The van der Waals surface area contributed by atoms with Gasteiger partial charge >= 0.3 is 5.97 Å². The summed E-state index contributed by atoms with van der Waals surface area (Å²) in [7, 11) is 0.0193. The minimum atomic E-state index is -0.270. The molecular weight excluding hydrogens is 352 g/mol. The summed E-state index contributed by atoms with van der Waals surface area (Å²) < 4.78 is 5.58. The molecule has 0 aliphatic heterocycles. The first-order chi connectivity index (χ1) is 7.54. The monoisotopic (exact) mass is 370 g/mol. The van der Waals surface area contributed by atoms with E-state index in [1.165, 1.54) is 18.9 Å². The number of alkyl halides is 2. The van der Waals surface area contributed by atoms with Crippen molar-refractivity contribution in [1.29, 1.82) is 0 Å². The molecule has 0 aliphatic carbocycles. The normalized spacial score (nSPS) is 11.2. The summed E-state index contributed by atoms with van der Waals surface area (Å²) in [6.07, 6.45) is 4.65. The molecule has 16 heavy (non-hydrogen) atoms. The number of ether oxygens (including phenoxy) is 1. The third-order valence-corrected chi connectivity index (χ3v) is 6.24. The Morgan fingerprint density at radius 1 is 1.31 bits per heavy atom. The second-order valence-corrected chi connectivity index (χ2v) is 11.8. The molecule has 0 amide bonds. The summed E-state index contributed by atoms with van der Waals surface area (Å²) in [6, 6.07) is 1.37. The highest BCUT2D eigenvalue weighted by Gasteiger charge is 2.02. The smallest absolute Gasteiger partial charge is 0.333 e. The van der Waals surface area contributed by atoms with Gasteiger partial charge in [0, 0.05) is 15.1 Å². The van der Waals surface area contributed by atoms with Gasteiger partial charge in [-0.1, -0.05) is 63.7 Å². The number of rotatable bonds is 9. The summed E-state index contributed by atoms with van der Waals surface area (Å²) in [4.78, 5) is 11.0. The van der Waals surface area contributed by atoms with E-state index >= 15 is 0 Å². The maximum Gasteiger partial charge on any atom is 0.333 e. The molecule has 0 unspecified atom stereocenters. The van der Waals surface area contributed by atoms with Crippen molar-refractivity contribution in [1.82, 2.24) is 0 Å². The number of hydrogen-bond donors (Lipinski definition) is 0. The maximum absolute atomic E-state index is 11.0. The van der Waals surface area contributed by atoms with E-state index in [1.807, 2.05) is 0 Å². The third kappa shape index (κ3) is 10.9. The van der Waals surface area contributed by atoms with Gasteiger partial charge in [0.05, 0.1) is 9.97 Å². The molecule has 0 heterocycles. The summed E-state index contributed by atoms with van der Waals surface area (Å²) in [5.41, 5.74) is 0.478. The van der Waals surface area contributed by atoms with Crippen LogP contribution in [-0.2, 0) is 9.53 Å². The average molecular weight is 372 g/mol. The molecule has 0 spiro atoms. The van der Waals surface area contributed by atoms with Crippen molar-refractivity contribution in [2.24, 2.45) is 0 Å². The maximum atomic E-state index is 11.0. The fourth-order valence-corrected chi connectivity index (χ4v) is 4.11. The number of hydrogen-bond acceptors (Lipinski definition) is 2. The van der Waals surface area contributed by atoms with Gasteiger partial charge in [-0.25, -0.2) is 4.79 Å². The van der Waals surface area contributed by atoms with Crippen LogP contribution in [0.15, 0.2) is 12.2 Å². The van der Waals surface area contributed by atoms with Crippen LogP contribution in [0.25, 0.3) is 0 Å². The minimum Gasteiger partial charge on any atom is -0.462 e. The standard InChI is InChI=1S/C11H20Br2O2Si/c1-9(2)10(14)15-7-5-3-4-6-8-16-11(12)13/h11H,1,3-8,16H2,2H3. The van der Waals surface area contributed by atoms with Crippen molar-refractivity contribution in [2.75, 3.05) is 6.61 Å². The van der Waals surface area contributed by atoms with Gasteiger partial charge in [-0.05, 0) is 13.3 Å². The molecule has 0 aromatic heterocycles. The van der Waals surface area contributed by atoms with Crippen molar-refractivity contribution < 1.29 is 9.53 Å². The summed E-state index contributed by atoms with van der Waals surface area (Å²) in [5, 5.41) is 0. The SMILES string of the molecule is C=C(C)C(=O)OCCCCCC[SiH2]C(Br)Br. The van der Waals surface area contributed by atoms with Crippen LogP contribution in [0.4, 0.5) is 0 Å². The molecule has 0 aliphatic rings. The number of halogens is 2. The second kappa shape index (κ2) is 10.5. The Bertz CT molecular complexity index is 220. The number of unbranched alkanes of at least 4 members (excludes halogenated alkanes) is 3. The lowest BCUT2D eigenvalue weighted by atomic mass is 10.2. The van der Waals surface area contributed by atoms with Crippen molar-refractivity contribution in [2.45, 2.75) is 42.0 Å². The molecule has 5 heteroatoms. The van der Waals surface area contributed by atoms with Crippen LogP contribution in [0.2, 0.25) is 6.04 Å². The molecule has 0 rings (SSSR count). The lowest BCUT2D eigenvalue weighted by molar-refractivity contribution is -0.139. The highest BCUT2D eigenvalue weighted by molar-refractivity contribution is 9.25. The Morgan fingerprint density at radius 3 is 2.50 bits per heavy atom. The Kier molecular flexibility index (Phi) is 10.8. The zero-order valence-corrected chi connectivity index (χ0v) is 14.4. The Balaban J connectivity index is 3.16. The van der Waals surface area contributed by atoms with E-state index in [-0.39, 0.29) is 15.5 Å². The second-order valence-electron chi connectivity index (χ2n) is 3.86. The molecule has 94 valence electrons. The van der Waals surface area contributed by atoms with Crippen molar-refractivity contribution in [3.8, 4) is 0 Å². The van der Waals surface area contributed by atoms with Crippen molar-refractivity contribution >= 4 is 47.3 Å². The van der Waals surface area contributed by atoms with Crippen LogP contribution in [0, 0.1) is 0 Å². The van der Waals surface area contributed by atoms with Crippen LogP contribution >= 0.6 is 31.9 Å². The highest BCUT2D eigenvalue weighted by Crippen LogP contribution is 2.11. The lowest BCUT2D eigenvalue weighted by Crippen LogP contribution is -2.06. The molecule has 0 fully saturated rings. The van der Waals surface area contributed by atoms with Gasteiger partial charge in [0.25, 0.3) is 0 Å². The summed E-state index contributed by atoms with van der Waals surface area (Å²) in [6.45, 7) is 5.73. The quantitative estimate of drug-likeness (QED) is 0.204. The number of carbonyl (C=O) groups is 1. The van der Waals surface area contributed by atoms with Crippen LogP contribution in [-0.4, -0.2) is 25.5 Å². The van der Waals surface area contributed by atoms with Crippen molar-refractivity contribution in [3.63, 3.8) is 0 Å². The number of esters is 1. The largest absolute Gasteiger partial charge is 0.462 e. The molecular formula is C11H20Br2O2Si. The molecule has 0 saturated heterocycles. The van der Waals surface area contributed by atoms with Gasteiger partial charge in [0.2, 0.25) is 0 Å². The molecule has 0 saturated carbocycles. The fourth-order valence-electron chi connectivity index (χ4n) is 1.22. The first-order valence-electron chi connectivity index (χ1n) is 5.65. The predicted molar refractivity (Wildman–Crippen MR) is 79.2 cm³/mol. The zero-order valence-electron chi connectivity index (χ0n) is 9.81. The first-order valence-corrected chi connectivity index (χ1v) is 9.29. The molecule has 0 radical (unpaired) electrons. The predicted octanol–water partition coefficient (Wildman–Crippen LogP) is 3.33. The van der Waals surface area contributed by atoms with E-state index in [9.17, 15) is 4.79 Å². The molecule has 0 bridgehead atoms. The molecule has 0 N–H and O–H groups in total. The van der Waals surface area contributed by atoms with Gasteiger partial charge in [0.1, 0.15) is 0 Å². The highest BCUT2D eigenvalue weighted by atomic mass is 79.9. The summed E-state index contributed by atoms with van der Waals surface area (Å²) >= 11 is 7.02. The molecule has 2 nitrogen and oxygen atoms in total. The Labute approximate surface area is 117 Å². The van der Waals surface area contributed by atoms with E-state index in [0.717, 1.165) is 12.8 Å². The average Bonchev–Trinajstić information content (AvgIpc) is 2.21. The topological polar surface area (TPSA) is 26.3 Å². The molecule has 0 atom stereocenters. The van der Waals surface area contributed by atoms with E-state index < -0.39 is 0 Å². The van der Waals surface area contributed by atoms with Crippen LogP contribution in [0.3, 0.4) is 0 Å². The van der Waals surface area contributed by atoms with Gasteiger partial charge in [-0.2, -0.15) is 0 Å². The van der Waals surface area contributed by atoms with Gasteiger partial charge in [-0.3, -0.25) is 0 Å². The molecule has 0 aromatic carbocycles. The van der Waals surface area contributed by atoms with Crippen LogP contribution in [0.5, 0.6) is 0 Å². The van der Waals surface area contributed by atoms with E-state index in [1.54, 1.807) is 6.92 Å². The zero-order chi connectivity index (χ0) is 12.4. The van der Waals surface area contributed by atoms with Gasteiger partial charge in [-0.15, -0.1) is 0 Å². The van der Waals surface area contributed by atoms with Gasteiger partial charge in [0.15, 0.2) is 0 Å². The lowest BCUT2D eigenvalue weighted by Gasteiger charge is -2.04. The van der Waals surface area contributed by atoms with E-state index in [0.29, 0.717) is 15.5 Å². The Morgan fingerprint density at radius 2 is 1.94 bits per heavy atom. The number of carbonyl (C=O) groups excluding carboxylic acids is 1. The van der Waals surface area contributed by atoms with Gasteiger partial charge < -0.3 is 4.74 Å². The Hall–Kier alpha value is 0.387. The third-order valence-electron chi connectivity index (χ3n) is 2.15. The van der Waals surface area contributed by atoms with Crippen LogP contribution in [0.1, 0.15) is 32.6 Å². The fraction of sp³-hybridized carbons (Fsp3) is 0.727. The van der Waals surface area contributed by atoms with Crippen LogP contribution < -0.4 is 0 Å². The van der Waals surface area contributed by atoms with E-state index in [2.05, 4.69) is 38.4 Å². The van der Waals surface area contributed by atoms with Crippen molar-refractivity contribution in [3.05, 3.63) is 12.2 Å². The minimum absolute atomic E-state index is 0.0193.